The molecule has 3 aliphatic rings. The second kappa shape index (κ2) is 9.33. The van der Waals surface area contributed by atoms with Crippen LogP contribution in [0.4, 0.5) is 23.5 Å². The van der Waals surface area contributed by atoms with Crippen molar-refractivity contribution in [2.75, 3.05) is 59.5 Å². The van der Waals surface area contributed by atoms with Crippen molar-refractivity contribution in [3.63, 3.8) is 0 Å². The molecule has 0 bridgehead atoms. The van der Waals surface area contributed by atoms with Crippen LogP contribution in [-0.4, -0.2) is 66.3 Å². The lowest BCUT2D eigenvalue weighted by Crippen LogP contribution is -2.35. The number of amides is 1. The zero-order valence-corrected chi connectivity index (χ0v) is 19.6. The van der Waals surface area contributed by atoms with Crippen molar-refractivity contribution in [2.45, 2.75) is 45.4 Å². The molecule has 2 saturated heterocycles. The highest BCUT2D eigenvalue weighted by molar-refractivity contribution is 6.54. The molecule has 5 rings (SSSR count). The monoisotopic (exact) mass is 448 g/mol. The molecule has 9 nitrogen and oxygen atoms in total. The van der Waals surface area contributed by atoms with E-state index in [0.29, 0.717) is 30.1 Å². The van der Waals surface area contributed by atoms with E-state index in [-0.39, 0.29) is 5.91 Å². The van der Waals surface area contributed by atoms with Crippen LogP contribution in [0.15, 0.2) is 29.4 Å². The summed E-state index contributed by atoms with van der Waals surface area (Å²) in [4.78, 5) is 33.8. The zero-order valence-electron chi connectivity index (χ0n) is 19.6. The Labute approximate surface area is 195 Å². The maximum atomic E-state index is 13.1. The van der Waals surface area contributed by atoms with Crippen molar-refractivity contribution < 1.29 is 4.79 Å². The molecule has 0 saturated carbocycles. The van der Waals surface area contributed by atoms with Crippen LogP contribution in [0, 0.1) is 0 Å². The van der Waals surface area contributed by atoms with Gasteiger partial charge in [-0.25, -0.2) is 5.01 Å². The van der Waals surface area contributed by atoms with Gasteiger partial charge < -0.3 is 14.7 Å². The quantitative estimate of drug-likeness (QED) is 0.650. The van der Waals surface area contributed by atoms with E-state index in [1.807, 2.05) is 38.2 Å². The highest BCUT2D eigenvalue weighted by atomic mass is 16.2. The number of hydrogen-bond donors (Lipinski definition) is 0. The molecule has 0 spiro atoms. The molecule has 3 aliphatic heterocycles. The number of carbonyl (C=O) groups excluding carboxylic acids is 1. The molecular weight excluding hydrogens is 416 g/mol. The van der Waals surface area contributed by atoms with E-state index in [2.05, 4.69) is 9.80 Å². The number of likely N-dealkylation sites (N-methyl/N-ethyl adjacent to an activating group) is 1. The molecule has 1 aromatic heterocycles. The highest BCUT2D eigenvalue weighted by Gasteiger charge is 2.33. The summed E-state index contributed by atoms with van der Waals surface area (Å²) in [6.07, 6.45) is 7.09. The fraction of sp³-hybridized carbons (Fsp3) is 0.542. The number of piperidine rings is 2. The van der Waals surface area contributed by atoms with E-state index in [1.54, 1.807) is 9.91 Å². The molecule has 4 heterocycles. The van der Waals surface area contributed by atoms with Crippen LogP contribution in [0.2, 0.25) is 0 Å². The topological polar surface area (TPSA) is 81.1 Å². The number of benzene rings is 1. The Kier molecular flexibility index (Phi) is 6.11. The number of aromatic nitrogens is 3. The minimum Gasteiger partial charge on any atom is -0.341 e. The second-order valence-corrected chi connectivity index (χ2v) is 8.87. The summed E-state index contributed by atoms with van der Waals surface area (Å²) in [5, 5.41) is 6.34. The molecule has 1 aromatic carbocycles. The molecule has 0 radical (unpaired) electrons. The number of nitrogens with zero attached hydrogens (tertiary/aromatic N) is 8. The minimum atomic E-state index is -0.0906. The lowest BCUT2D eigenvalue weighted by Gasteiger charge is -2.30. The zero-order chi connectivity index (χ0) is 22.8. The van der Waals surface area contributed by atoms with Gasteiger partial charge in [-0.1, -0.05) is 18.2 Å². The molecule has 174 valence electrons. The van der Waals surface area contributed by atoms with Crippen LogP contribution >= 0.6 is 0 Å². The van der Waals surface area contributed by atoms with Crippen LogP contribution < -0.4 is 19.7 Å². The average molecular weight is 449 g/mol. The maximum Gasteiger partial charge on any atom is 0.279 e. The van der Waals surface area contributed by atoms with Gasteiger partial charge in [0.25, 0.3) is 11.9 Å². The fourth-order valence-corrected chi connectivity index (χ4v) is 4.83. The van der Waals surface area contributed by atoms with E-state index in [9.17, 15) is 4.79 Å². The molecule has 0 aliphatic carbocycles. The summed E-state index contributed by atoms with van der Waals surface area (Å²) in [5.74, 6) is 1.80. The number of rotatable bonds is 5. The third-order valence-corrected chi connectivity index (χ3v) is 6.63. The Morgan fingerprint density at radius 2 is 1.45 bits per heavy atom. The molecular formula is C24H32N8O. The SMILES string of the molecule is CCN1C(=O)/C(=N\N(C)c2nc(N3CCCCC3)nc(N3CCCCC3)n2)c2ccccc21. The van der Waals surface area contributed by atoms with E-state index in [4.69, 9.17) is 20.1 Å². The van der Waals surface area contributed by atoms with Gasteiger partial charge in [0.05, 0.1) is 5.69 Å². The van der Waals surface area contributed by atoms with Gasteiger partial charge in [-0.15, -0.1) is 0 Å². The standard InChI is InChI=1S/C24H32N8O/c1-3-32-19-13-7-6-12-18(19)20(21(32)33)28-29(2)22-25-23(30-14-8-4-9-15-30)27-24(26-22)31-16-10-5-11-17-31/h6-7,12-13H,3-5,8-11,14-17H2,1-2H3/b28-20-. The summed E-state index contributed by atoms with van der Waals surface area (Å²) in [6.45, 7) is 6.40. The first kappa shape index (κ1) is 21.6. The Morgan fingerprint density at radius 3 is 2.03 bits per heavy atom. The smallest absolute Gasteiger partial charge is 0.279 e. The summed E-state index contributed by atoms with van der Waals surface area (Å²) in [7, 11) is 1.81. The van der Waals surface area contributed by atoms with Crippen molar-refractivity contribution in [3.8, 4) is 0 Å². The first-order valence-electron chi connectivity index (χ1n) is 12.2. The first-order valence-corrected chi connectivity index (χ1v) is 12.2. The number of fused-ring (bicyclic) bond motifs is 1. The van der Waals surface area contributed by atoms with Gasteiger partial charge in [0.1, 0.15) is 0 Å². The Balaban J connectivity index is 1.51. The van der Waals surface area contributed by atoms with E-state index >= 15 is 0 Å². The molecule has 2 aromatic rings. The normalized spacial score (nSPS) is 19.9. The summed E-state index contributed by atoms with van der Waals surface area (Å²) in [6, 6.07) is 7.79. The van der Waals surface area contributed by atoms with Gasteiger partial charge >= 0.3 is 0 Å². The third-order valence-electron chi connectivity index (χ3n) is 6.63. The summed E-state index contributed by atoms with van der Waals surface area (Å²) in [5.41, 5.74) is 2.17. The minimum absolute atomic E-state index is 0.0906. The molecule has 33 heavy (non-hydrogen) atoms. The lowest BCUT2D eigenvalue weighted by molar-refractivity contribution is -0.112. The Bertz CT molecular complexity index is 1010. The lowest BCUT2D eigenvalue weighted by atomic mass is 10.1. The van der Waals surface area contributed by atoms with Crippen LogP contribution in [0.3, 0.4) is 0 Å². The van der Waals surface area contributed by atoms with Crippen molar-refractivity contribution in [3.05, 3.63) is 29.8 Å². The van der Waals surface area contributed by atoms with Crippen LogP contribution in [-0.2, 0) is 4.79 Å². The van der Waals surface area contributed by atoms with Crippen molar-refractivity contribution in [2.24, 2.45) is 5.10 Å². The molecule has 2 fully saturated rings. The highest BCUT2D eigenvalue weighted by Crippen LogP contribution is 2.30. The molecule has 0 N–H and O–H groups in total. The van der Waals surface area contributed by atoms with Crippen molar-refractivity contribution in [1.82, 2.24) is 15.0 Å². The van der Waals surface area contributed by atoms with Crippen LogP contribution in [0.1, 0.15) is 51.0 Å². The average Bonchev–Trinajstić information content (AvgIpc) is 3.15. The van der Waals surface area contributed by atoms with Gasteiger partial charge in [0, 0.05) is 45.3 Å². The largest absolute Gasteiger partial charge is 0.341 e. The van der Waals surface area contributed by atoms with Gasteiger partial charge in [0.2, 0.25) is 11.9 Å². The van der Waals surface area contributed by atoms with Gasteiger partial charge in [-0.2, -0.15) is 20.1 Å². The second-order valence-electron chi connectivity index (χ2n) is 8.87. The van der Waals surface area contributed by atoms with Crippen LogP contribution in [0.5, 0.6) is 0 Å². The van der Waals surface area contributed by atoms with E-state index < -0.39 is 0 Å². The van der Waals surface area contributed by atoms with Gasteiger partial charge in [-0.3, -0.25) is 4.79 Å². The maximum absolute atomic E-state index is 13.1. The Morgan fingerprint density at radius 1 is 0.879 bits per heavy atom. The van der Waals surface area contributed by atoms with Crippen molar-refractivity contribution >= 4 is 35.2 Å². The predicted molar refractivity (Wildman–Crippen MR) is 131 cm³/mol. The molecule has 9 heteroatoms. The number of hydrogen-bond acceptors (Lipinski definition) is 8. The Hall–Kier alpha value is -3.23. The number of hydrazone groups is 1. The number of anilines is 4. The van der Waals surface area contributed by atoms with Gasteiger partial charge in [-0.05, 0) is 51.5 Å². The summed E-state index contributed by atoms with van der Waals surface area (Å²) >= 11 is 0. The summed E-state index contributed by atoms with van der Waals surface area (Å²) < 4.78 is 0. The molecule has 0 atom stereocenters. The third kappa shape index (κ3) is 4.24. The fourth-order valence-electron chi connectivity index (χ4n) is 4.83. The van der Waals surface area contributed by atoms with Gasteiger partial charge in [0.15, 0.2) is 5.71 Å². The van der Waals surface area contributed by atoms with Crippen LogP contribution in [0.25, 0.3) is 0 Å². The molecule has 0 unspecified atom stereocenters. The number of carbonyl (C=O) groups is 1. The number of para-hydroxylation sites is 1. The van der Waals surface area contributed by atoms with Crippen molar-refractivity contribution in [1.29, 1.82) is 0 Å². The predicted octanol–water partition coefficient (Wildman–Crippen LogP) is 3.06. The molecule has 1 amide bonds. The van der Waals surface area contributed by atoms with E-state index in [0.717, 1.165) is 63.1 Å². The van der Waals surface area contributed by atoms with E-state index in [1.165, 1.54) is 12.8 Å². The first-order chi connectivity index (χ1) is 16.2.